The number of fused-ring (bicyclic) bond motifs is 1. The van der Waals surface area contributed by atoms with Crippen LogP contribution >= 0.6 is 24.0 Å². The smallest absolute Gasteiger partial charge is 0.225 e. The van der Waals surface area contributed by atoms with Crippen LogP contribution in [-0.2, 0) is 9.53 Å². The number of rotatable bonds is 7. The Hall–Kier alpha value is -1.39. The molecule has 0 aromatic heterocycles. The van der Waals surface area contributed by atoms with Crippen LogP contribution in [-0.4, -0.2) is 69.8 Å². The number of carbonyl (C=O) groups excluding carboxylic acids is 1. The number of amides is 1. The number of nitrogens with zero attached hydrogens (tertiary/aromatic N) is 2. The second-order valence-electron chi connectivity index (χ2n) is 7.20. The summed E-state index contributed by atoms with van der Waals surface area (Å²) in [6, 6.07) is 8.53. The van der Waals surface area contributed by atoms with Gasteiger partial charge in [-0.15, -0.1) is 24.0 Å². The molecule has 1 fully saturated rings. The highest BCUT2D eigenvalue weighted by molar-refractivity contribution is 14.0. The van der Waals surface area contributed by atoms with Crippen molar-refractivity contribution in [1.82, 2.24) is 15.5 Å². The van der Waals surface area contributed by atoms with Crippen LogP contribution in [0.3, 0.4) is 0 Å². The molecule has 0 spiro atoms. The van der Waals surface area contributed by atoms with E-state index < -0.39 is 0 Å². The number of hydrogen-bond acceptors (Lipinski definition) is 4. The molecule has 1 aromatic rings. The first-order valence-electron chi connectivity index (χ1n) is 9.77. The van der Waals surface area contributed by atoms with E-state index in [1.165, 1.54) is 18.4 Å². The summed E-state index contributed by atoms with van der Waals surface area (Å²) in [6.45, 7) is 4.43. The van der Waals surface area contributed by atoms with Crippen molar-refractivity contribution in [2.75, 3.05) is 52.3 Å². The predicted octanol–water partition coefficient (Wildman–Crippen LogP) is 2.01. The van der Waals surface area contributed by atoms with E-state index in [4.69, 9.17) is 4.74 Å². The zero-order chi connectivity index (χ0) is 19.1. The van der Waals surface area contributed by atoms with E-state index in [2.05, 4.69) is 31.9 Å². The Kier molecular flexibility index (Phi) is 9.46. The fourth-order valence-corrected chi connectivity index (χ4v) is 3.97. The van der Waals surface area contributed by atoms with Gasteiger partial charge in [0.05, 0.1) is 6.61 Å². The number of aliphatic imine (C=N–C) groups is 1. The van der Waals surface area contributed by atoms with Gasteiger partial charge in [-0.3, -0.25) is 14.7 Å². The molecule has 0 radical (unpaired) electrons. The molecule has 0 aliphatic carbocycles. The molecule has 28 heavy (non-hydrogen) atoms. The maximum absolute atomic E-state index is 12.0. The minimum absolute atomic E-state index is 0. The van der Waals surface area contributed by atoms with Crippen LogP contribution in [0.1, 0.15) is 30.7 Å². The summed E-state index contributed by atoms with van der Waals surface area (Å²) in [7, 11) is 3.53. The second-order valence-corrected chi connectivity index (χ2v) is 7.20. The van der Waals surface area contributed by atoms with Crippen molar-refractivity contribution in [1.29, 1.82) is 0 Å². The minimum atomic E-state index is 0. The number of para-hydroxylation sites is 1. The summed E-state index contributed by atoms with van der Waals surface area (Å²) in [4.78, 5) is 18.8. The average Bonchev–Trinajstić information content (AvgIpc) is 3.13. The van der Waals surface area contributed by atoms with Gasteiger partial charge in [-0.2, -0.15) is 0 Å². The van der Waals surface area contributed by atoms with E-state index in [0.717, 1.165) is 37.9 Å². The lowest BCUT2D eigenvalue weighted by molar-refractivity contribution is -0.116. The number of guanidine groups is 1. The largest absolute Gasteiger partial charge is 0.383 e. The van der Waals surface area contributed by atoms with Crippen molar-refractivity contribution >= 4 is 41.5 Å². The van der Waals surface area contributed by atoms with E-state index in [-0.39, 0.29) is 35.8 Å². The third-order valence-electron chi connectivity index (χ3n) is 5.43. The van der Waals surface area contributed by atoms with E-state index in [1.54, 1.807) is 14.2 Å². The molecule has 2 atom stereocenters. The standard InChI is InChI=1S/C20H31N5O2.HI/c1-21-20(23-14-16-6-5-9-25(16)10-11-27-2)22-13-15-12-19(26)24-18-8-4-3-7-17(15)18;/h3-4,7-8,15-16H,5-6,9-14H2,1-2H3,(H,24,26)(H2,21,22,23);1H. The summed E-state index contributed by atoms with van der Waals surface area (Å²) in [6.07, 6.45) is 2.92. The normalized spacial score (nSPS) is 22.2. The molecule has 1 amide bonds. The zero-order valence-electron chi connectivity index (χ0n) is 16.7. The second kappa shape index (κ2) is 11.6. The summed E-state index contributed by atoms with van der Waals surface area (Å²) >= 11 is 0. The number of anilines is 1. The first-order valence-corrected chi connectivity index (χ1v) is 9.77. The Labute approximate surface area is 184 Å². The monoisotopic (exact) mass is 501 g/mol. The lowest BCUT2D eigenvalue weighted by Gasteiger charge is -2.27. The molecule has 2 aliphatic heterocycles. The Balaban J connectivity index is 0.00000280. The van der Waals surface area contributed by atoms with Crippen LogP contribution in [0.4, 0.5) is 5.69 Å². The molecule has 3 N–H and O–H groups in total. The summed E-state index contributed by atoms with van der Waals surface area (Å²) in [5.74, 6) is 1.01. The van der Waals surface area contributed by atoms with Gasteiger partial charge in [0.2, 0.25) is 5.91 Å². The van der Waals surface area contributed by atoms with Gasteiger partial charge in [0.15, 0.2) is 5.96 Å². The first kappa shape index (κ1) is 22.9. The van der Waals surface area contributed by atoms with Crippen LogP contribution < -0.4 is 16.0 Å². The molecule has 156 valence electrons. The number of methoxy groups -OCH3 is 1. The highest BCUT2D eigenvalue weighted by atomic mass is 127. The molecule has 8 heteroatoms. The van der Waals surface area contributed by atoms with E-state index >= 15 is 0 Å². The molecule has 3 rings (SSSR count). The van der Waals surface area contributed by atoms with Crippen LogP contribution in [0.25, 0.3) is 0 Å². The summed E-state index contributed by atoms with van der Waals surface area (Å²) in [5.41, 5.74) is 2.10. The number of ether oxygens (including phenoxy) is 1. The number of hydrogen-bond donors (Lipinski definition) is 3. The van der Waals surface area contributed by atoms with Gasteiger partial charge in [-0.1, -0.05) is 18.2 Å². The van der Waals surface area contributed by atoms with Gasteiger partial charge < -0.3 is 20.7 Å². The predicted molar refractivity (Wildman–Crippen MR) is 124 cm³/mol. The molecular weight excluding hydrogens is 469 g/mol. The molecule has 0 bridgehead atoms. The van der Waals surface area contributed by atoms with Crippen molar-refractivity contribution in [2.45, 2.75) is 31.2 Å². The fraction of sp³-hybridized carbons (Fsp3) is 0.600. The maximum Gasteiger partial charge on any atom is 0.225 e. The lowest BCUT2D eigenvalue weighted by Crippen LogP contribution is -2.46. The SMILES string of the molecule is CN=C(NCC1CC(=O)Nc2ccccc21)NCC1CCCN1CCOC.I. The Bertz CT molecular complexity index is 670. The fourth-order valence-electron chi connectivity index (χ4n) is 3.97. The van der Waals surface area contributed by atoms with Crippen LogP contribution in [0, 0.1) is 0 Å². The molecule has 2 unspecified atom stereocenters. The van der Waals surface area contributed by atoms with E-state index in [9.17, 15) is 4.79 Å². The average molecular weight is 501 g/mol. The Morgan fingerprint density at radius 2 is 2.11 bits per heavy atom. The van der Waals surface area contributed by atoms with Crippen LogP contribution in [0.5, 0.6) is 0 Å². The molecular formula is C20H32IN5O2. The van der Waals surface area contributed by atoms with Crippen molar-refractivity contribution in [3.8, 4) is 0 Å². The Morgan fingerprint density at radius 1 is 1.32 bits per heavy atom. The van der Waals surface area contributed by atoms with Crippen molar-refractivity contribution in [2.24, 2.45) is 4.99 Å². The Morgan fingerprint density at radius 3 is 2.89 bits per heavy atom. The third kappa shape index (κ3) is 6.05. The van der Waals surface area contributed by atoms with Gasteiger partial charge in [-0.05, 0) is 31.0 Å². The van der Waals surface area contributed by atoms with Gasteiger partial charge in [0, 0.05) is 57.9 Å². The zero-order valence-corrected chi connectivity index (χ0v) is 19.1. The van der Waals surface area contributed by atoms with Crippen LogP contribution in [0.2, 0.25) is 0 Å². The van der Waals surface area contributed by atoms with Crippen LogP contribution in [0.15, 0.2) is 29.3 Å². The molecule has 1 saturated heterocycles. The summed E-state index contributed by atoms with van der Waals surface area (Å²) < 4.78 is 5.21. The number of nitrogens with one attached hydrogen (secondary N) is 3. The van der Waals surface area contributed by atoms with Crippen molar-refractivity contribution in [3.63, 3.8) is 0 Å². The van der Waals surface area contributed by atoms with Gasteiger partial charge >= 0.3 is 0 Å². The van der Waals surface area contributed by atoms with E-state index in [1.807, 2.05) is 18.2 Å². The highest BCUT2D eigenvalue weighted by Gasteiger charge is 2.26. The topological polar surface area (TPSA) is 78.0 Å². The number of benzene rings is 1. The first-order chi connectivity index (χ1) is 13.2. The number of likely N-dealkylation sites (tertiary alicyclic amines) is 1. The van der Waals surface area contributed by atoms with Crippen molar-refractivity contribution < 1.29 is 9.53 Å². The van der Waals surface area contributed by atoms with E-state index in [0.29, 0.717) is 19.0 Å². The lowest BCUT2D eigenvalue weighted by atomic mass is 9.90. The quantitative estimate of drug-likeness (QED) is 0.303. The van der Waals surface area contributed by atoms with Gasteiger partial charge in [0.25, 0.3) is 0 Å². The molecule has 2 heterocycles. The summed E-state index contributed by atoms with van der Waals surface area (Å²) in [5, 5.41) is 9.79. The molecule has 7 nitrogen and oxygen atoms in total. The number of carbonyl (C=O) groups is 1. The highest BCUT2D eigenvalue weighted by Crippen LogP contribution is 2.31. The molecule has 0 saturated carbocycles. The van der Waals surface area contributed by atoms with Gasteiger partial charge in [0.1, 0.15) is 0 Å². The number of halogens is 1. The van der Waals surface area contributed by atoms with Gasteiger partial charge in [-0.25, -0.2) is 0 Å². The maximum atomic E-state index is 12.0. The molecule has 1 aromatic carbocycles. The van der Waals surface area contributed by atoms with Crippen molar-refractivity contribution in [3.05, 3.63) is 29.8 Å². The molecule has 2 aliphatic rings. The third-order valence-corrected chi connectivity index (χ3v) is 5.43. The minimum Gasteiger partial charge on any atom is -0.383 e.